The normalized spacial score (nSPS) is 10.6. The van der Waals surface area contributed by atoms with Crippen molar-refractivity contribution in [3.05, 3.63) is 48.0 Å². The molecule has 0 aliphatic heterocycles. The third kappa shape index (κ3) is 4.68. The van der Waals surface area contributed by atoms with Crippen molar-refractivity contribution < 1.29 is 9.53 Å². The van der Waals surface area contributed by atoms with Crippen LogP contribution in [0.1, 0.15) is 11.3 Å². The molecule has 21 heavy (non-hydrogen) atoms. The molecular formula is C15H20N4O2. The lowest BCUT2D eigenvalue weighted by molar-refractivity contribution is -0.131. The quantitative estimate of drug-likeness (QED) is 0.763. The summed E-state index contributed by atoms with van der Waals surface area (Å²) in [6.45, 7) is 1.59. The summed E-state index contributed by atoms with van der Waals surface area (Å²) in [5, 5.41) is 4.13. The number of aromatic nitrogens is 3. The van der Waals surface area contributed by atoms with Gasteiger partial charge in [-0.25, -0.2) is 0 Å². The number of hydrogen-bond acceptors (Lipinski definition) is 4. The van der Waals surface area contributed by atoms with Crippen LogP contribution in [0, 0.1) is 0 Å². The Bertz CT molecular complexity index is 568. The van der Waals surface area contributed by atoms with Gasteiger partial charge in [0, 0.05) is 50.9 Å². The average molecular weight is 288 g/mol. The fourth-order valence-corrected chi connectivity index (χ4v) is 2.04. The number of aryl methyl sites for hydroxylation is 1. The highest BCUT2D eigenvalue weighted by Gasteiger charge is 2.15. The average Bonchev–Trinajstić information content (AvgIpc) is 2.89. The lowest BCUT2D eigenvalue weighted by Crippen LogP contribution is -2.34. The molecule has 0 unspecified atom stereocenters. The zero-order chi connectivity index (χ0) is 15.1. The summed E-state index contributed by atoms with van der Waals surface area (Å²) < 4.78 is 6.81. The van der Waals surface area contributed by atoms with Crippen molar-refractivity contribution in [2.75, 3.05) is 20.3 Å². The van der Waals surface area contributed by atoms with E-state index in [1.807, 2.05) is 31.4 Å². The van der Waals surface area contributed by atoms with Crippen molar-refractivity contribution in [3.8, 4) is 0 Å². The monoisotopic (exact) mass is 288 g/mol. The smallest absolute Gasteiger partial charge is 0.228 e. The Morgan fingerprint density at radius 1 is 1.43 bits per heavy atom. The summed E-state index contributed by atoms with van der Waals surface area (Å²) in [4.78, 5) is 18.4. The molecule has 2 heterocycles. The maximum absolute atomic E-state index is 12.4. The maximum Gasteiger partial charge on any atom is 0.228 e. The molecule has 2 rings (SSSR count). The van der Waals surface area contributed by atoms with Gasteiger partial charge < -0.3 is 9.64 Å². The van der Waals surface area contributed by atoms with E-state index in [1.165, 1.54) is 0 Å². The van der Waals surface area contributed by atoms with Gasteiger partial charge in [0.15, 0.2) is 0 Å². The van der Waals surface area contributed by atoms with Gasteiger partial charge in [-0.05, 0) is 12.1 Å². The first-order valence-corrected chi connectivity index (χ1v) is 6.83. The van der Waals surface area contributed by atoms with Gasteiger partial charge in [0.2, 0.25) is 5.91 Å². The number of rotatable bonds is 7. The predicted molar refractivity (Wildman–Crippen MR) is 78.4 cm³/mol. The van der Waals surface area contributed by atoms with Gasteiger partial charge in [0.05, 0.1) is 19.2 Å². The van der Waals surface area contributed by atoms with Gasteiger partial charge in [-0.1, -0.05) is 6.07 Å². The van der Waals surface area contributed by atoms with Crippen LogP contribution >= 0.6 is 0 Å². The second-order valence-electron chi connectivity index (χ2n) is 4.83. The van der Waals surface area contributed by atoms with Gasteiger partial charge in [0.1, 0.15) is 0 Å². The Morgan fingerprint density at radius 3 is 2.90 bits per heavy atom. The molecule has 0 radical (unpaired) electrons. The Hall–Kier alpha value is -2.21. The summed E-state index contributed by atoms with van der Waals surface area (Å²) in [5.41, 5.74) is 1.78. The minimum absolute atomic E-state index is 0.0367. The van der Waals surface area contributed by atoms with Crippen LogP contribution in [0.4, 0.5) is 0 Å². The zero-order valence-corrected chi connectivity index (χ0v) is 12.4. The van der Waals surface area contributed by atoms with Crippen molar-refractivity contribution in [3.63, 3.8) is 0 Å². The highest BCUT2D eigenvalue weighted by molar-refractivity contribution is 5.78. The number of pyridine rings is 1. The van der Waals surface area contributed by atoms with Crippen LogP contribution in [0.25, 0.3) is 0 Å². The standard InChI is InChI=1S/C15H20N4O2/c1-18-11-13(10-17-18)12-19(7-8-21-2)15(20)9-14-5-3-4-6-16-14/h3-6,10-11H,7-9,12H2,1-2H3. The van der Waals surface area contributed by atoms with E-state index < -0.39 is 0 Å². The second-order valence-corrected chi connectivity index (χ2v) is 4.83. The largest absolute Gasteiger partial charge is 0.383 e. The van der Waals surface area contributed by atoms with E-state index in [0.29, 0.717) is 26.1 Å². The molecular weight excluding hydrogens is 268 g/mol. The molecule has 2 aromatic heterocycles. The first-order valence-electron chi connectivity index (χ1n) is 6.83. The van der Waals surface area contributed by atoms with Crippen molar-refractivity contribution in [1.29, 1.82) is 0 Å². The van der Waals surface area contributed by atoms with E-state index in [4.69, 9.17) is 4.74 Å². The third-order valence-electron chi connectivity index (χ3n) is 3.11. The molecule has 1 amide bonds. The van der Waals surface area contributed by atoms with E-state index in [2.05, 4.69) is 10.1 Å². The third-order valence-corrected chi connectivity index (χ3v) is 3.11. The molecule has 0 saturated carbocycles. The SMILES string of the molecule is COCCN(Cc1cnn(C)c1)C(=O)Cc1ccccn1. The van der Waals surface area contributed by atoms with E-state index in [1.54, 1.807) is 29.1 Å². The maximum atomic E-state index is 12.4. The molecule has 6 nitrogen and oxygen atoms in total. The Morgan fingerprint density at radius 2 is 2.29 bits per heavy atom. The lowest BCUT2D eigenvalue weighted by atomic mass is 10.2. The molecule has 6 heteroatoms. The van der Waals surface area contributed by atoms with E-state index in [9.17, 15) is 4.79 Å². The highest BCUT2D eigenvalue weighted by Crippen LogP contribution is 2.06. The highest BCUT2D eigenvalue weighted by atomic mass is 16.5. The van der Waals surface area contributed by atoms with Crippen molar-refractivity contribution in [1.82, 2.24) is 19.7 Å². The number of hydrogen-bond donors (Lipinski definition) is 0. The number of carbonyl (C=O) groups excluding carboxylic acids is 1. The number of carbonyl (C=O) groups is 1. The molecule has 0 saturated heterocycles. The summed E-state index contributed by atoms with van der Waals surface area (Å²) in [6, 6.07) is 5.58. The predicted octanol–water partition coefficient (Wildman–Crippen LogP) is 1.03. The Balaban J connectivity index is 2.02. The number of methoxy groups -OCH3 is 1. The van der Waals surface area contributed by atoms with Crippen LogP contribution in [-0.2, 0) is 29.5 Å². The van der Waals surface area contributed by atoms with Gasteiger partial charge in [-0.3, -0.25) is 14.5 Å². The van der Waals surface area contributed by atoms with Gasteiger partial charge in [-0.15, -0.1) is 0 Å². The van der Waals surface area contributed by atoms with E-state index in [-0.39, 0.29) is 5.91 Å². The van der Waals surface area contributed by atoms with Crippen molar-refractivity contribution >= 4 is 5.91 Å². The van der Waals surface area contributed by atoms with Crippen LogP contribution in [0.2, 0.25) is 0 Å². The molecule has 2 aromatic rings. The minimum Gasteiger partial charge on any atom is -0.383 e. The topological polar surface area (TPSA) is 60.2 Å². The first kappa shape index (κ1) is 15.2. The van der Waals surface area contributed by atoms with Crippen LogP contribution in [0.3, 0.4) is 0 Å². The van der Waals surface area contributed by atoms with Crippen LogP contribution in [-0.4, -0.2) is 45.8 Å². The summed E-state index contributed by atoms with van der Waals surface area (Å²) >= 11 is 0. The molecule has 0 N–H and O–H groups in total. The number of nitrogens with zero attached hydrogens (tertiary/aromatic N) is 4. The molecule has 0 spiro atoms. The molecule has 0 fully saturated rings. The fourth-order valence-electron chi connectivity index (χ4n) is 2.04. The van der Waals surface area contributed by atoms with E-state index >= 15 is 0 Å². The van der Waals surface area contributed by atoms with Crippen molar-refractivity contribution in [2.45, 2.75) is 13.0 Å². The first-order chi connectivity index (χ1) is 10.2. The van der Waals surface area contributed by atoms with Gasteiger partial charge in [-0.2, -0.15) is 5.10 Å². The van der Waals surface area contributed by atoms with Crippen molar-refractivity contribution in [2.24, 2.45) is 7.05 Å². The Labute approximate surface area is 124 Å². The summed E-state index contributed by atoms with van der Waals surface area (Å²) in [6.07, 6.45) is 5.68. The Kier molecular flexibility index (Phi) is 5.45. The van der Waals surface area contributed by atoms with Gasteiger partial charge in [0.25, 0.3) is 0 Å². The molecule has 0 aliphatic rings. The number of ether oxygens (including phenoxy) is 1. The molecule has 0 bridgehead atoms. The van der Waals surface area contributed by atoms with Gasteiger partial charge >= 0.3 is 0 Å². The molecule has 0 aliphatic carbocycles. The molecule has 0 atom stereocenters. The zero-order valence-electron chi connectivity index (χ0n) is 12.4. The number of amides is 1. The van der Waals surface area contributed by atoms with Crippen LogP contribution in [0.5, 0.6) is 0 Å². The van der Waals surface area contributed by atoms with E-state index in [0.717, 1.165) is 11.3 Å². The minimum atomic E-state index is 0.0367. The van der Waals surface area contributed by atoms with Crippen LogP contribution < -0.4 is 0 Å². The lowest BCUT2D eigenvalue weighted by Gasteiger charge is -2.21. The molecule has 0 aromatic carbocycles. The summed E-state index contributed by atoms with van der Waals surface area (Å²) in [7, 11) is 3.49. The second kappa shape index (κ2) is 7.54. The summed E-state index contributed by atoms with van der Waals surface area (Å²) in [5.74, 6) is 0.0367. The molecule has 112 valence electrons. The van der Waals surface area contributed by atoms with Crippen LogP contribution in [0.15, 0.2) is 36.8 Å². The fraction of sp³-hybridized carbons (Fsp3) is 0.400.